The third-order valence-corrected chi connectivity index (χ3v) is 2.59. The molecule has 1 rings (SSSR count). The first kappa shape index (κ1) is 12.9. The van der Waals surface area contributed by atoms with Crippen LogP contribution >= 0.6 is 0 Å². The lowest BCUT2D eigenvalue weighted by atomic mass is 10.3. The van der Waals surface area contributed by atoms with Crippen molar-refractivity contribution in [2.75, 3.05) is 52.5 Å². The van der Waals surface area contributed by atoms with Crippen molar-refractivity contribution in [1.29, 1.82) is 0 Å². The summed E-state index contributed by atoms with van der Waals surface area (Å²) in [5.74, 6) is 0. The SMILES string of the molecule is CCOC(C)CNCCN1CCOCC1. The minimum Gasteiger partial charge on any atom is -0.379 e. The van der Waals surface area contributed by atoms with E-state index in [0.717, 1.165) is 52.5 Å². The Kier molecular flexibility index (Phi) is 6.92. The summed E-state index contributed by atoms with van der Waals surface area (Å²) in [7, 11) is 0. The normalized spacial score (nSPS) is 20.4. The van der Waals surface area contributed by atoms with E-state index < -0.39 is 0 Å². The van der Waals surface area contributed by atoms with Crippen molar-refractivity contribution in [3.63, 3.8) is 0 Å². The minimum atomic E-state index is 0.319. The smallest absolute Gasteiger partial charge is 0.0671 e. The van der Waals surface area contributed by atoms with Gasteiger partial charge in [0.25, 0.3) is 0 Å². The van der Waals surface area contributed by atoms with E-state index in [0.29, 0.717) is 6.10 Å². The molecule has 90 valence electrons. The summed E-state index contributed by atoms with van der Waals surface area (Å²) < 4.78 is 10.7. The second-order valence-electron chi connectivity index (χ2n) is 3.92. The third kappa shape index (κ3) is 6.10. The summed E-state index contributed by atoms with van der Waals surface area (Å²) in [5.41, 5.74) is 0. The van der Waals surface area contributed by atoms with Gasteiger partial charge in [0.2, 0.25) is 0 Å². The topological polar surface area (TPSA) is 33.7 Å². The molecule has 0 aromatic heterocycles. The van der Waals surface area contributed by atoms with Gasteiger partial charge in [-0.25, -0.2) is 0 Å². The number of nitrogens with one attached hydrogen (secondary N) is 1. The van der Waals surface area contributed by atoms with Crippen LogP contribution in [0.4, 0.5) is 0 Å². The maximum atomic E-state index is 5.44. The molecule has 0 saturated carbocycles. The number of ether oxygens (including phenoxy) is 2. The van der Waals surface area contributed by atoms with Gasteiger partial charge in [0.1, 0.15) is 0 Å². The zero-order valence-corrected chi connectivity index (χ0v) is 10.00. The number of nitrogens with zero attached hydrogens (tertiary/aromatic N) is 1. The van der Waals surface area contributed by atoms with Crippen LogP contribution in [-0.4, -0.2) is 63.5 Å². The molecule has 1 atom stereocenters. The fourth-order valence-electron chi connectivity index (χ4n) is 1.71. The Bertz CT molecular complexity index is 150. The molecule has 1 aliphatic heterocycles. The molecule has 1 heterocycles. The van der Waals surface area contributed by atoms with E-state index in [1.54, 1.807) is 0 Å². The average molecular weight is 216 g/mol. The summed E-state index contributed by atoms with van der Waals surface area (Å²) in [6, 6.07) is 0. The highest BCUT2D eigenvalue weighted by Gasteiger charge is 2.09. The highest BCUT2D eigenvalue weighted by Crippen LogP contribution is 1.95. The summed E-state index contributed by atoms with van der Waals surface area (Å²) in [4.78, 5) is 2.43. The van der Waals surface area contributed by atoms with Crippen LogP contribution in [0.5, 0.6) is 0 Å². The van der Waals surface area contributed by atoms with E-state index in [2.05, 4.69) is 17.1 Å². The highest BCUT2D eigenvalue weighted by atomic mass is 16.5. The van der Waals surface area contributed by atoms with Crippen molar-refractivity contribution in [2.45, 2.75) is 20.0 Å². The Labute approximate surface area is 92.9 Å². The van der Waals surface area contributed by atoms with E-state index in [-0.39, 0.29) is 0 Å². The molecule has 0 aromatic rings. The van der Waals surface area contributed by atoms with Gasteiger partial charge < -0.3 is 14.8 Å². The molecule has 1 aliphatic rings. The van der Waals surface area contributed by atoms with Gasteiger partial charge in [0.05, 0.1) is 19.3 Å². The number of hydrogen-bond acceptors (Lipinski definition) is 4. The molecule has 4 heteroatoms. The quantitative estimate of drug-likeness (QED) is 0.622. The molecule has 1 N–H and O–H groups in total. The average Bonchev–Trinajstić information content (AvgIpc) is 2.26. The molecule has 4 nitrogen and oxygen atoms in total. The Balaban J connectivity index is 1.91. The molecular formula is C11H24N2O2. The molecule has 0 bridgehead atoms. The van der Waals surface area contributed by atoms with Gasteiger partial charge in [0, 0.05) is 39.3 Å². The molecular weight excluding hydrogens is 192 g/mol. The second-order valence-corrected chi connectivity index (χ2v) is 3.92. The number of rotatable bonds is 7. The van der Waals surface area contributed by atoms with Gasteiger partial charge in [-0.2, -0.15) is 0 Å². The molecule has 0 amide bonds. The number of morpholine rings is 1. The molecule has 15 heavy (non-hydrogen) atoms. The maximum Gasteiger partial charge on any atom is 0.0671 e. The largest absolute Gasteiger partial charge is 0.379 e. The first-order valence-electron chi connectivity index (χ1n) is 5.95. The molecule has 1 saturated heterocycles. The van der Waals surface area contributed by atoms with Crippen molar-refractivity contribution in [3.8, 4) is 0 Å². The van der Waals surface area contributed by atoms with E-state index in [1.807, 2.05) is 6.92 Å². The standard InChI is InChI=1S/C11H24N2O2/c1-3-15-11(2)10-12-4-5-13-6-8-14-9-7-13/h11-12H,3-10H2,1-2H3. The van der Waals surface area contributed by atoms with Crippen molar-refractivity contribution in [3.05, 3.63) is 0 Å². The van der Waals surface area contributed by atoms with Crippen molar-refractivity contribution >= 4 is 0 Å². The molecule has 0 aliphatic carbocycles. The van der Waals surface area contributed by atoms with Crippen LogP contribution in [0.2, 0.25) is 0 Å². The minimum absolute atomic E-state index is 0.319. The molecule has 0 aromatic carbocycles. The predicted molar refractivity (Wildman–Crippen MR) is 61.2 cm³/mol. The Morgan fingerprint density at radius 3 is 2.80 bits per heavy atom. The number of hydrogen-bond donors (Lipinski definition) is 1. The molecule has 0 spiro atoms. The van der Waals surface area contributed by atoms with Crippen molar-refractivity contribution in [2.24, 2.45) is 0 Å². The van der Waals surface area contributed by atoms with E-state index >= 15 is 0 Å². The van der Waals surface area contributed by atoms with Gasteiger partial charge in [-0.1, -0.05) is 0 Å². The van der Waals surface area contributed by atoms with Gasteiger partial charge in [-0.15, -0.1) is 0 Å². The van der Waals surface area contributed by atoms with Crippen LogP contribution in [0.3, 0.4) is 0 Å². The van der Waals surface area contributed by atoms with E-state index in [1.165, 1.54) is 0 Å². The van der Waals surface area contributed by atoms with Crippen molar-refractivity contribution in [1.82, 2.24) is 10.2 Å². The summed E-state index contributed by atoms with van der Waals surface area (Å²) in [6.45, 7) is 11.9. The predicted octanol–water partition coefficient (Wildman–Crippen LogP) is 0.333. The summed E-state index contributed by atoms with van der Waals surface area (Å²) in [6.07, 6.45) is 0.319. The summed E-state index contributed by atoms with van der Waals surface area (Å²) in [5, 5.41) is 3.41. The first-order chi connectivity index (χ1) is 7.33. The first-order valence-corrected chi connectivity index (χ1v) is 5.95. The lowest BCUT2D eigenvalue weighted by molar-refractivity contribution is 0.0371. The second kappa shape index (κ2) is 8.05. The van der Waals surface area contributed by atoms with Crippen LogP contribution in [-0.2, 0) is 9.47 Å². The van der Waals surface area contributed by atoms with Crippen molar-refractivity contribution < 1.29 is 9.47 Å². The third-order valence-electron chi connectivity index (χ3n) is 2.59. The zero-order chi connectivity index (χ0) is 10.9. The fourth-order valence-corrected chi connectivity index (χ4v) is 1.71. The van der Waals surface area contributed by atoms with Crippen LogP contribution in [0.25, 0.3) is 0 Å². The van der Waals surface area contributed by atoms with Crippen LogP contribution in [0.15, 0.2) is 0 Å². The Morgan fingerprint density at radius 1 is 1.40 bits per heavy atom. The molecule has 0 radical (unpaired) electrons. The van der Waals surface area contributed by atoms with Crippen LogP contribution in [0, 0.1) is 0 Å². The van der Waals surface area contributed by atoms with Gasteiger partial charge in [-0.3, -0.25) is 4.90 Å². The van der Waals surface area contributed by atoms with Crippen LogP contribution in [0.1, 0.15) is 13.8 Å². The van der Waals surface area contributed by atoms with Gasteiger partial charge in [0.15, 0.2) is 0 Å². The lowest BCUT2D eigenvalue weighted by Gasteiger charge is -2.26. The maximum absolute atomic E-state index is 5.44. The zero-order valence-electron chi connectivity index (χ0n) is 10.00. The van der Waals surface area contributed by atoms with E-state index in [4.69, 9.17) is 9.47 Å². The highest BCUT2D eigenvalue weighted by molar-refractivity contribution is 4.64. The molecule has 1 fully saturated rings. The monoisotopic (exact) mass is 216 g/mol. The molecule has 1 unspecified atom stereocenters. The Hall–Kier alpha value is -0.160. The summed E-state index contributed by atoms with van der Waals surface area (Å²) >= 11 is 0. The van der Waals surface area contributed by atoms with Gasteiger partial charge >= 0.3 is 0 Å². The van der Waals surface area contributed by atoms with Crippen LogP contribution < -0.4 is 5.32 Å². The Morgan fingerprint density at radius 2 is 2.13 bits per heavy atom. The lowest BCUT2D eigenvalue weighted by Crippen LogP contribution is -2.41. The van der Waals surface area contributed by atoms with Gasteiger partial charge in [-0.05, 0) is 13.8 Å². The fraction of sp³-hybridized carbons (Fsp3) is 1.00. The van der Waals surface area contributed by atoms with E-state index in [9.17, 15) is 0 Å².